The molecule has 0 unspecified atom stereocenters. The number of carbonyl (C=O) groups is 3. The van der Waals surface area contributed by atoms with E-state index in [0.29, 0.717) is 11.3 Å². The number of nitrogens with one attached hydrogen (secondary N) is 1. The fraction of sp³-hybridized carbons (Fsp3) is 0.0625. The molecule has 0 atom stereocenters. The van der Waals surface area contributed by atoms with E-state index in [9.17, 15) is 14.4 Å². The Labute approximate surface area is 126 Å². The second-order valence-corrected chi connectivity index (χ2v) is 4.59. The lowest BCUT2D eigenvalue weighted by atomic mass is 10.0. The van der Waals surface area contributed by atoms with Gasteiger partial charge in [-0.1, -0.05) is 18.2 Å². The number of anilines is 1. The van der Waals surface area contributed by atoms with Gasteiger partial charge >= 0.3 is 11.9 Å². The van der Waals surface area contributed by atoms with Gasteiger partial charge in [0.25, 0.3) is 5.91 Å². The highest BCUT2D eigenvalue weighted by Gasteiger charge is 2.17. The largest absolute Gasteiger partial charge is 0.478 e. The standard InChI is InChI=1S/C16H13NO5/c1-9-10(15(19)20)7-4-8-13(9)17-14(18)11-5-2-3-6-12(11)16(21)22/h2-8H,1H3,(H,17,18)(H,19,20)(H,21,22). The molecule has 22 heavy (non-hydrogen) atoms. The SMILES string of the molecule is Cc1c(NC(=O)c2ccccc2C(=O)O)cccc1C(=O)O. The maximum absolute atomic E-state index is 12.3. The highest BCUT2D eigenvalue weighted by molar-refractivity contribution is 6.11. The molecule has 0 heterocycles. The minimum Gasteiger partial charge on any atom is -0.478 e. The maximum Gasteiger partial charge on any atom is 0.336 e. The van der Waals surface area contributed by atoms with E-state index in [1.165, 1.54) is 30.3 Å². The molecule has 0 fully saturated rings. The molecule has 0 aliphatic carbocycles. The highest BCUT2D eigenvalue weighted by atomic mass is 16.4. The van der Waals surface area contributed by atoms with E-state index in [4.69, 9.17) is 10.2 Å². The number of carbonyl (C=O) groups excluding carboxylic acids is 1. The van der Waals surface area contributed by atoms with Crippen molar-refractivity contribution in [2.24, 2.45) is 0 Å². The molecule has 6 nitrogen and oxygen atoms in total. The van der Waals surface area contributed by atoms with E-state index in [-0.39, 0.29) is 16.7 Å². The van der Waals surface area contributed by atoms with Gasteiger partial charge in [0.15, 0.2) is 0 Å². The van der Waals surface area contributed by atoms with Crippen LogP contribution in [-0.4, -0.2) is 28.1 Å². The Balaban J connectivity index is 2.37. The van der Waals surface area contributed by atoms with Crippen molar-refractivity contribution in [3.05, 3.63) is 64.7 Å². The second-order valence-electron chi connectivity index (χ2n) is 4.59. The van der Waals surface area contributed by atoms with Gasteiger partial charge in [-0.2, -0.15) is 0 Å². The van der Waals surface area contributed by atoms with Crippen LogP contribution in [0.4, 0.5) is 5.69 Å². The van der Waals surface area contributed by atoms with E-state index >= 15 is 0 Å². The Morgan fingerprint density at radius 2 is 1.36 bits per heavy atom. The third kappa shape index (κ3) is 2.95. The highest BCUT2D eigenvalue weighted by Crippen LogP contribution is 2.20. The smallest absolute Gasteiger partial charge is 0.336 e. The van der Waals surface area contributed by atoms with Crippen molar-refractivity contribution in [2.75, 3.05) is 5.32 Å². The molecule has 6 heteroatoms. The number of hydrogen-bond donors (Lipinski definition) is 3. The van der Waals surface area contributed by atoms with Crippen molar-refractivity contribution in [3.63, 3.8) is 0 Å². The van der Waals surface area contributed by atoms with Gasteiger partial charge in [0.05, 0.1) is 16.7 Å². The Kier molecular flexibility index (Phi) is 4.22. The van der Waals surface area contributed by atoms with E-state index in [2.05, 4.69) is 5.32 Å². The molecule has 0 aliphatic rings. The van der Waals surface area contributed by atoms with Crippen LogP contribution in [0, 0.1) is 6.92 Å². The van der Waals surface area contributed by atoms with Gasteiger partial charge in [0.1, 0.15) is 0 Å². The number of benzene rings is 2. The van der Waals surface area contributed by atoms with Crippen LogP contribution < -0.4 is 5.32 Å². The van der Waals surface area contributed by atoms with Crippen LogP contribution in [0.25, 0.3) is 0 Å². The summed E-state index contributed by atoms with van der Waals surface area (Å²) in [4.78, 5) is 34.5. The molecule has 1 amide bonds. The summed E-state index contributed by atoms with van der Waals surface area (Å²) in [7, 11) is 0. The molecule has 0 aromatic heterocycles. The van der Waals surface area contributed by atoms with Crippen molar-refractivity contribution in [2.45, 2.75) is 6.92 Å². The molecule has 0 bridgehead atoms. The first-order chi connectivity index (χ1) is 10.4. The number of amides is 1. The lowest BCUT2D eigenvalue weighted by molar-refractivity contribution is 0.0684. The fourth-order valence-corrected chi connectivity index (χ4v) is 2.06. The van der Waals surface area contributed by atoms with Crippen LogP contribution in [0.3, 0.4) is 0 Å². The predicted octanol–water partition coefficient (Wildman–Crippen LogP) is 2.64. The molecule has 0 aliphatic heterocycles. The van der Waals surface area contributed by atoms with Gasteiger partial charge in [-0.3, -0.25) is 4.79 Å². The first kappa shape index (κ1) is 15.2. The molecule has 0 saturated heterocycles. The van der Waals surface area contributed by atoms with Crippen LogP contribution in [-0.2, 0) is 0 Å². The summed E-state index contributed by atoms with van der Waals surface area (Å²) in [6, 6.07) is 10.3. The van der Waals surface area contributed by atoms with Crippen molar-refractivity contribution >= 4 is 23.5 Å². The van der Waals surface area contributed by atoms with Crippen LogP contribution in [0.15, 0.2) is 42.5 Å². The predicted molar refractivity (Wildman–Crippen MR) is 79.5 cm³/mol. The average molecular weight is 299 g/mol. The Bertz CT molecular complexity index is 767. The molecule has 112 valence electrons. The average Bonchev–Trinajstić information content (AvgIpc) is 2.49. The third-order valence-electron chi connectivity index (χ3n) is 3.21. The van der Waals surface area contributed by atoms with Crippen LogP contribution in [0.2, 0.25) is 0 Å². The molecule has 0 saturated carbocycles. The van der Waals surface area contributed by atoms with Gasteiger partial charge in [-0.25, -0.2) is 9.59 Å². The van der Waals surface area contributed by atoms with Gasteiger partial charge in [0, 0.05) is 5.69 Å². The van der Waals surface area contributed by atoms with Gasteiger partial charge in [-0.15, -0.1) is 0 Å². The lowest BCUT2D eigenvalue weighted by Gasteiger charge is -2.11. The zero-order valence-electron chi connectivity index (χ0n) is 11.7. The third-order valence-corrected chi connectivity index (χ3v) is 3.21. The monoisotopic (exact) mass is 299 g/mol. The van der Waals surface area contributed by atoms with Crippen molar-refractivity contribution in [3.8, 4) is 0 Å². The van der Waals surface area contributed by atoms with E-state index in [1.54, 1.807) is 19.1 Å². The Morgan fingerprint density at radius 3 is 1.95 bits per heavy atom. The molecule has 2 rings (SSSR count). The summed E-state index contributed by atoms with van der Waals surface area (Å²) in [5, 5.41) is 20.7. The summed E-state index contributed by atoms with van der Waals surface area (Å²) >= 11 is 0. The summed E-state index contributed by atoms with van der Waals surface area (Å²) in [6.45, 7) is 1.57. The normalized spacial score (nSPS) is 10.0. The maximum atomic E-state index is 12.3. The van der Waals surface area contributed by atoms with Crippen LogP contribution in [0.1, 0.15) is 36.6 Å². The van der Waals surface area contributed by atoms with Crippen LogP contribution in [0.5, 0.6) is 0 Å². The zero-order chi connectivity index (χ0) is 16.3. The van der Waals surface area contributed by atoms with Gasteiger partial charge in [-0.05, 0) is 36.8 Å². The van der Waals surface area contributed by atoms with Gasteiger partial charge < -0.3 is 15.5 Å². The van der Waals surface area contributed by atoms with Gasteiger partial charge in [0.2, 0.25) is 0 Å². The number of hydrogen-bond acceptors (Lipinski definition) is 3. The zero-order valence-corrected chi connectivity index (χ0v) is 11.7. The molecular weight excluding hydrogens is 286 g/mol. The summed E-state index contributed by atoms with van der Waals surface area (Å²) < 4.78 is 0. The fourth-order valence-electron chi connectivity index (χ4n) is 2.06. The minimum absolute atomic E-state index is 0.00938. The van der Waals surface area contributed by atoms with Crippen molar-refractivity contribution < 1.29 is 24.6 Å². The number of rotatable bonds is 4. The first-order valence-electron chi connectivity index (χ1n) is 6.38. The summed E-state index contributed by atoms with van der Waals surface area (Å²) in [6.07, 6.45) is 0. The van der Waals surface area contributed by atoms with Crippen LogP contribution >= 0.6 is 0 Å². The van der Waals surface area contributed by atoms with Crippen molar-refractivity contribution in [1.82, 2.24) is 0 Å². The molecular formula is C16H13NO5. The summed E-state index contributed by atoms with van der Waals surface area (Å²) in [5.41, 5.74) is 0.688. The minimum atomic E-state index is -1.21. The number of carboxylic acid groups (broad SMARTS) is 2. The molecule has 2 aromatic carbocycles. The van der Waals surface area contributed by atoms with E-state index in [0.717, 1.165) is 0 Å². The topological polar surface area (TPSA) is 104 Å². The Hall–Kier alpha value is -3.15. The quantitative estimate of drug-likeness (QED) is 0.805. The summed E-state index contributed by atoms with van der Waals surface area (Å²) in [5.74, 6) is -2.91. The lowest BCUT2D eigenvalue weighted by Crippen LogP contribution is -2.17. The van der Waals surface area contributed by atoms with E-state index < -0.39 is 17.8 Å². The number of aromatic carboxylic acids is 2. The van der Waals surface area contributed by atoms with E-state index in [1.807, 2.05) is 0 Å². The Morgan fingerprint density at radius 1 is 0.818 bits per heavy atom. The molecule has 0 spiro atoms. The first-order valence-corrected chi connectivity index (χ1v) is 6.38. The van der Waals surface area contributed by atoms with Crippen molar-refractivity contribution in [1.29, 1.82) is 0 Å². The molecule has 0 radical (unpaired) electrons. The second kappa shape index (κ2) is 6.09. The number of carboxylic acids is 2. The molecule has 3 N–H and O–H groups in total. The molecule has 2 aromatic rings.